The van der Waals surface area contributed by atoms with Crippen molar-refractivity contribution in [2.24, 2.45) is 5.92 Å². The number of aliphatic hydroxyl groups excluding tert-OH is 2. The Hall–Kier alpha value is -0.120. The van der Waals surface area contributed by atoms with Crippen molar-refractivity contribution in [3.05, 3.63) is 0 Å². The number of nitrogens with one attached hydrogen (secondary N) is 1. The van der Waals surface area contributed by atoms with Crippen LogP contribution in [0.4, 0.5) is 0 Å². The van der Waals surface area contributed by atoms with Crippen molar-refractivity contribution in [3.8, 4) is 0 Å². The van der Waals surface area contributed by atoms with E-state index in [0.29, 0.717) is 13.1 Å². The van der Waals surface area contributed by atoms with Gasteiger partial charge in [-0.1, -0.05) is 13.8 Å². The summed E-state index contributed by atoms with van der Waals surface area (Å²) in [6.45, 7) is 6.75. The number of hydrogen-bond acceptors (Lipinski definition) is 3. The zero-order valence-corrected chi connectivity index (χ0v) is 7.54. The van der Waals surface area contributed by atoms with E-state index in [2.05, 4.69) is 5.32 Å². The van der Waals surface area contributed by atoms with Gasteiger partial charge < -0.3 is 15.5 Å². The lowest BCUT2D eigenvalue weighted by Gasteiger charge is -2.15. The first-order chi connectivity index (χ1) is 5.04. The van der Waals surface area contributed by atoms with Gasteiger partial charge in [-0.3, -0.25) is 0 Å². The van der Waals surface area contributed by atoms with Gasteiger partial charge in [0.2, 0.25) is 0 Å². The fourth-order valence-corrected chi connectivity index (χ4v) is 0.676. The van der Waals surface area contributed by atoms with E-state index < -0.39 is 0 Å². The maximum Gasteiger partial charge on any atom is 0.0687 e. The second kappa shape index (κ2) is 5.52. The standard InChI is InChI=1S/C8H19NO2/c1-6(2)8(11)5-9-4-7(3)10/h6-11H,4-5H2,1-3H3/t7-,8?/m1/s1. The Labute approximate surface area is 68.4 Å². The molecular formula is C8H19NO2. The highest BCUT2D eigenvalue weighted by Gasteiger charge is 2.07. The van der Waals surface area contributed by atoms with E-state index in [-0.39, 0.29) is 18.1 Å². The average Bonchev–Trinajstić information content (AvgIpc) is 1.86. The zero-order chi connectivity index (χ0) is 8.85. The van der Waals surface area contributed by atoms with Crippen molar-refractivity contribution in [1.29, 1.82) is 0 Å². The monoisotopic (exact) mass is 161 g/mol. The minimum Gasteiger partial charge on any atom is -0.392 e. The lowest BCUT2D eigenvalue weighted by molar-refractivity contribution is 0.116. The van der Waals surface area contributed by atoms with Crippen molar-refractivity contribution in [3.63, 3.8) is 0 Å². The Balaban J connectivity index is 3.24. The van der Waals surface area contributed by atoms with E-state index >= 15 is 0 Å². The molecular weight excluding hydrogens is 142 g/mol. The summed E-state index contributed by atoms with van der Waals surface area (Å²) in [6.07, 6.45) is -0.650. The van der Waals surface area contributed by atoms with E-state index in [1.165, 1.54) is 0 Å². The highest BCUT2D eigenvalue weighted by Crippen LogP contribution is 1.98. The Bertz CT molecular complexity index is 94.1. The molecule has 0 aliphatic rings. The van der Waals surface area contributed by atoms with Gasteiger partial charge in [0.1, 0.15) is 0 Å². The van der Waals surface area contributed by atoms with E-state index in [1.54, 1.807) is 6.92 Å². The highest BCUT2D eigenvalue weighted by atomic mass is 16.3. The lowest BCUT2D eigenvalue weighted by Crippen LogP contribution is -2.34. The van der Waals surface area contributed by atoms with Gasteiger partial charge in [0.05, 0.1) is 12.2 Å². The maximum absolute atomic E-state index is 9.30. The topological polar surface area (TPSA) is 52.5 Å². The average molecular weight is 161 g/mol. The molecule has 0 heterocycles. The van der Waals surface area contributed by atoms with Crippen LogP contribution in [0.15, 0.2) is 0 Å². The fraction of sp³-hybridized carbons (Fsp3) is 1.00. The first-order valence-electron chi connectivity index (χ1n) is 4.11. The maximum atomic E-state index is 9.30. The normalized spacial score (nSPS) is 16.9. The van der Waals surface area contributed by atoms with E-state index in [9.17, 15) is 5.11 Å². The van der Waals surface area contributed by atoms with Gasteiger partial charge in [-0.25, -0.2) is 0 Å². The zero-order valence-electron chi connectivity index (χ0n) is 7.54. The molecule has 0 bridgehead atoms. The summed E-state index contributed by atoms with van der Waals surface area (Å²) in [4.78, 5) is 0. The first kappa shape index (κ1) is 10.9. The van der Waals surface area contributed by atoms with Gasteiger partial charge >= 0.3 is 0 Å². The smallest absolute Gasteiger partial charge is 0.0687 e. The summed E-state index contributed by atoms with van der Waals surface area (Å²) in [5.41, 5.74) is 0. The Kier molecular flexibility index (Phi) is 5.46. The molecule has 68 valence electrons. The molecule has 0 radical (unpaired) electrons. The van der Waals surface area contributed by atoms with E-state index in [0.717, 1.165) is 0 Å². The van der Waals surface area contributed by atoms with Gasteiger partial charge in [-0.2, -0.15) is 0 Å². The summed E-state index contributed by atoms with van der Waals surface area (Å²) < 4.78 is 0. The quantitative estimate of drug-likeness (QED) is 0.531. The molecule has 0 aliphatic carbocycles. The molecule has 3 heteroatoms. The second-order valence-corrected chi connectivity index (χ2v) is 3.32. The van der Waals surface area contributed by atoms with Crippen molar-refractivity contribution in [2.45, 2.75) is 33.0 Å². The SMILES string of the molecule is CC(C)C(O)CNC[C@@H](C)O. The molecule has 3 N–H and O–H groups in total. The molecule has 2 atom stereocenters. The van der Waals surface area contributed by atoms with Crippen molar-refractivity contribution in [2.75, 3.05) is 13.1 Å². The Morgan fingerprint density at radius 1 is 1.09 bits per heavy atom. The summed E-state index contributed by atoms with van der Waals surface area (Å²) in [5.74, 6) is 0.275. The molecule has 0 rings (SSSR count). The fourth-order valence-electron chi connectivity index (χ4n) is 0.676. The second-order valence-electron chi connectivity index (χ2n) is 3.32. The first-order valence-corrected chi connectivity index (χ1v) is 4.11. The molecule has 11 heavy (non-hydrogen) atoms. The summed E-state index contributed by atoms with van der Waals surface area (Å²) in [7, 11) is 0. The van der Waals surface area contributed by atoms with Crippen molar-refractivity contribution < 1.29 is 10.2 Å². The van der Waals surface area contributed by atoms with Crippen LogP contribution in [0.3, 0.4) is 0 Å². The number of hydrogen-bond donors (Lipinski definition) is 3. The molecule has 0 fully saturated rings. The molecule has 0 aromatic rings. The van der Waals surface area contributed by atoms with Crippen molar-refractivity contribution >= 4 is 0 Å². The highest BCUT2D eigenvalue weighted by molar-refractivity contribution is 4.63. The van der Waals surface area contributed by atoms with Gasteiger partial charge in [0, 0.05) is 13.1 Å². The third kappa shape index (κ3) is 6.28. The predicted molar refractivity (Wildman–Crippen MR) is 45.4 cm³/mol. The van der Waals surface area contributed by atoms with Crippen LogP contribution in [0.2, 0.25) is 0 Å². The lowest BCUT2D eigenvalue weighted by atomic mass is 10.1. The molecule has 0 aromatic carbocycles. The van der Waals surface area contributed by atoms with E-state index in [4.69, 9.17) is 5.11 Å². The van der Waals surface area contributed by atoms with Crippen LogP contribution in [0.1, 0.15) is 20.8 Å². The van der Waals surface area contributed by atoms with Crippen LogP contribution in [-0.2, 0) is 0 Å². The van der Waals surface area contributed by atoms with E-state index in [1.807, 2.05) is 13.8 Å². The minimum atomic E-state index is -0.339. The molecule has 1 unspecified atom stereocenters. The summed E-state index contributed by atoms with van der Waals surface area (Å²) >= 11 is 0. The molecule has 3 nitrogen and oxygen atoms in total. The van der Waals surface area contributed by atoms with Crippen LogP contribution in [-0.4, -0.2) is 35.5 Å². The van der Waals surface area contributed by atoms with Gasteiger partial charge in [-0.05, 0) is 12.8 Å². The largest absolute Gasteiger partial charge is 0.392 e. The molecule has 0 amide bonds. The van der Waals surface area contributed by atoms with Crippen molar-refractivity contribution in [1.82, 2.24) is 5.32 Å². The number of aliphatic hydroxyl groups is 2. The molecule has 0 aromatic heterocycles. The number of rotatable bonds is 5. The Morgan fingerprint density at radius 3 is 2.00 bits per heavy atom. The van der Waals surface area contributed by atoms with Crippen LogP contribution in [0.25, 0.3) is 0 Å². The molecule has 0 saturated carbocycles. The predicted octanol–water partition coefficient (Wildman–Crippen LogP) is -0.0263. The van der Waals surface area contributed by atoms with Crippen LogP contribution in [0, 0.1) is 5.92 Å². The summed E-state index contributed by atoms with van der Waals surface area (Å²) in [5, 5.41) is 21.1. The minimum absolute atomic E-state index is 0.275. The summed E-state index contributed by atoms with van der Waals surface area (Å²) in [6, 6.07) is 0. The van der Waals surface area contributed by atoms with Gasteiger partial charge in [0.15, 0.2) is 0 Å². The van der Waals surface area contributed by atoms with Gasteiger partial charge in [0.25, 0.3) is 0 Å². The third-order valence-electron chi connectivity index (χ3n) is 1.56. The Morgan fingerprint density at radius 2 is 1.64 bits per heavy atom. The third-order valence-corrected chi connectivity index (χ3v) is 1.56. The van der Waals surface area contributed by atoms with Crippen LogP contribution < -0.4 is 5.32 Å². The van der Waals surface area contributed by atoms with Gasteiger partial charge in [-0.15, -0.1) is 0 Å². The molecule has 0 saturated heterocycles. The molecule has 0 aliphatic heterocycles. The molecule has 0 spiro atoms. The van der Waals surface area contributed by atoms with Crippen LogP contribution in [0.5, 0.6) is 0 Å². The van der Waals surface area contributed by atoms with Crippen LogP contribution >= 0.6 is 0 Å².